The summed E-state index contributed by atoms with van der Waals surface area (Å²) in [6.45, 7) is 1.85. The molecule has 2 heteroatoms. The summed E-state index contributed by atoms with van der Waals surface area (Å²) in [6, 6.07) is 10.4. The maximum absolute atomic E-state index is 13.5. The quantitative estimate of drug-likeness (QED) is 0.618. The van der Waals surface area contributed by atoms with Crippen LogP contribution in [0.25, 0.3) is 10.8 Å². The summed E-state index contributed by atoms with van der Waals surface area (Å²) >= 11 is 0. The number of hydrogen-bond donors (Lipinski definition) is 0. The molecule has 0 heterocycles. The van der Waals surface area contributed by atoms with Crippen molar-refractivity contribution in [3.63, 3.8) is 0 Å². The lowest BCUT2D eigenvalue weighted by atomic mass is 10.0. The number of hydrogen-bond acceptors (Lipinski definition) is 1. The van der Waals surface area contributed by atoms with Crippen LogP contribution in [-0.2, 0) is 0 Å². The normalized spacial score (nSPS) is 10.1. The van der Waals surface area contributed by atoms with E-state index in [0.717, 1.165) is 10.9 Å². The molecule has 0 unspecified atom stereocenters. The number of benzene rings is 2. The summed E-state index contributed by atoms with van der Waals surface area (Å²) in [5.74, 6) is -0.267. The highest BCUT2D eigenvalue weighted by Crippen LogP contribution is 2.20. The van der Waals surface area contributed by atoms with Crippen molar-refractivity contribution in [1.29, 1.82) is 5.26 Å². The van der Waals surface area contributed by atoms with E-state index in [4.69, 9.17) is 5.26 Å². The molecule has 2 rings (SSSR count). The molecule has 0 radical (unpaired) electrons. The minimum atomic E-state index is -0.267. The first-order valence-electron chi connectivity index (χ1n) is 4.31. The Kier molecular flexibility index (Phi) is 1.94. The number of fused-ring (bicyclic) bond motifs is 1. The zero-order chi connectivity index (χ0) is 10.1. The smallest absolute Gasteiger partial charge is 0.131 e. The van der Waals surface area contributed by atoms with Gasteiger partial charge in [0.1, 0.15) is 5.82 Å². The van der Waals surface area contributed by atoms with Gasteiger partial charge in [0.05, 0.1) is 11.6 Å². The predicted molar refractivity (Wildman–Crippen MR) is 53.4 cm³/mol. The number of nitriles is 1. The minimum absolute atomic E-state index is 0.267. The van der Waals surface area contributed by atoms with E-state index in [2.05, 4.69) is 0 Å². The second-order valence-corrected chi connectivity index (χ2v) is 3.29. The zero-order valence-electron chi connectivity index (χ0n) is 7.71. The van der Waals surface area contributed by atoms with Crippen LogP contribution in [0.2, 0.25) is 0 Å². The first kappa shape index (κ1) is 8.71. The maximum atomic E-state index is 13.5. The van der Waals surface area contributed by atoms with E-state index in [-0.39, 0.29) is 5.82 Å². The van der Waals surface area contributed by atoms with Crippen LogP contribution in [0.1, 0.15) is 11.1 Å². The van der Waals surface area contributed by atoms with Crippen molar-refractivity contribution in [2.45, 2.75) is 6.92 Å². The summed E-state index contributed by atoms with van der Waals surface area (Å²) in [5, 5.41) is 10.0. The van der Waals surface area contributed by atoms with E-state index >= 15 is 0 Å². The van der Waals surface area contributed by atoms with E-state index in [1.54, 1.807) is 18.2 Å². The highest BCUT2D eigenvalue weighted by Gasteiger charge is 2.02. The number of rotatable bonds is 0. The van der Waals surface area contributed by atoms with Gasteiger partial charge < -0.3 is 0 Å². The first-order valence-corrected chi connectivity index (χ1v) is 4.31. The molecule has 2 aromatic carbocycles. The average molecular weight is 185 g/mol. The van der Waals surface area contributed by atoms with Crippen LogP contribution in [0, 0.1) is 24.1 Å². The van der Waals surface area contributed by atoms with Crippen LogP contribution < -0.4 is 0 Å². The van der Waals surface area contributed by atoms with E-state index in [0.29, 0.717) is 10.9 Å². The van der Waals surface area contributed by atoms with Gasteiger partial charge in [-0.25, -0.2) is 4.39 Å². The molecule has 0 amide bonds. The molecule has 0 bridgehead atoms. The van der Waals surface area contributed by atoms with Gasteiger partial charge in [0, 0.05) is 5.39 Å². The van der Waals surface area contributed by atoms with Gasteiger partial charge in [-0.1, -0.05) is 12.1 Å². The molecule has 0 atom stereocenters. The molecule has 0 fully saturated rings. The fourth-order valence-corrected chi connectivity index (χ4v) is 1.52. The van der Waals surface area contributed by atoms with Crippen molar-refractivity contribution in [3.8, 4) is 6.07 Å². The fraction of sp³-hybridized carbons (Fsp3) is 0.0833. The largest absolute Gasteiger partial charge is 0.206 e. The van der Waals surface area contributed by atoms with E-state index < -0.39 is 0 Å². The highest BCUT2D eigenvalue weighted by atomic mass is 19.1. The number of nitrogens with zero attached hydrogens (tertiary/aromatic N) is 1. The molecule has 1 nitrogen and oxygen atoms in total. The molecule has 68 valence electrons. The third-order valence-corrected chi connectivity index (χ3v) is 2.18. The van der Waals surface area contributed by atoms with Crippen molar-refractivity contribution in [1.82, 2.24) is 0 Å². The molecule has 0 aliphatic rings. The van der Waals surface area contributed by atoms with E-state index in [9.17, 15) is 4.39 Å². The molecular weight excluding hydrogens is 177 g/mol. The first-order chi connectivity index (χ1) is 6.70. The van der Waals surface area contributed by atoms with Gasteiger partial charge in [-0.15, -0.1) is 0 Å². The van der Waals surface area contributed by atoms with Crippen LogP contribution in [0.3, 0.4) is 0 Å². The molecule has 0 spiro atoms. The highest BCUT2D eigenvalue weighted by molar-refractivity contribution is 5.85. The summed E-state index contributed by atoms with van der Waals surface area (Å²) in [7, 11) is 0. The van der Waals surface area contributed by atoms with Gasteiger partial charge >= 0.3 is 0 Å². The second-order valence-electron chi connectivity index (χ2n) is 3.29. The van der Waals surface area contributed by atoms with Gasteiger partial charge in [-0.2, -0.15) is 5.26 Å². The molecule has 0 aliphatic carbocycles. The van der Waals surface area contributed by atoms with Crippen LogP contribution in [0.5, 0.6) is 0 Å². The number of halogens is 1. The van der Waals surface area contributed by atoms with Crippen LogP contribution in [0.15, 0.2) is 30.3 Å². The molecule has 0 aliphatic heterocycles. The Morgan fingerprint density at radius 3 is 2.71 bits per heavy atom. The molecule has 0 N–H and O–H groups in total. The molecule has 2 aromatic rings. The molecular formula is C12H8FN. The third kappa shape index (κ3) is 1.33. The Labute approximate surface area is 81.4 Å². The van der Waals surface area contributed by atoms with Crippen molar-refractivity contribution >= 4 is 10.8 Å². The third-order valence-electron chi connectivity index (χ3n) is 2.18. The fourth-order valence-electron chi connectivity index (χ4n) is 1.52. The van der Waals surface area contributed by atoms with Crippen LogP contribution in [0.4, 0.5) is 4.39 Å². The SMILES string of the molecule is Cc1cc(F)c2cc(C#N)ccc2c1. The van der Waals surface area contributed by atoms with Crippen LogP contribution in [-0.4, -0.2) is 0 Å². The summed E-state index contributed by atoms with van der Waals surface area (Å²) in [5.41, 5.74) is 1.37. The topological polar surface area (TPSA) is 23.8 Å². The van der Waals surface area contributed by atoms with Gasteiger partial charge in [-0.3, -0.25) is 0 Å². The van der Waals surface area contributed by atoms with Crippen molar-refractivity contribution < 1.29 is 4.39 Å². The Morgan fingerprint density at radius 2 is 2.00 bits per heavy atom. The molecule has 0 saturated carbocycles. The summed E-state index contributed by atoms with van der Waals surface area (Å²) in [6.07, 6.45) is 0. The molecule has 0 saturated heterocycles. The van der Waals surface area contributed by atoms with Gasteiger partial charge in [-0.05, 0) is 36.1 Å². The molecule has 0 aromatic heterocycles. The standard InChI is InChI=1S/C12H8FN/c1-8-4-10-3-2-9(7-14)6-11(10)12(13)5-8/h2-6H,1H3. The Hall–Kier alpha value is -1.88. The lowest BCUT2D eigenvalue weighted by Gasteiger charge is -2.01. The van der Waals surface area contributed by atoms with Crippen LogP contribution >= 0.6 is 0 Å². The average Bonchev–Trinajstić information content (AvgIpc) is 2.17. The Bertz CT molecular complexity index is 538. The summed E-state index contributed by atoms with van der Waals surface area (Å²) in [4.78, 5) is 0. The molecule has 14 heavy (non-hydrogen) atoms. The van der Waals surface area contributed by atoms with E-state index in [1.165, 1.54) is 6.07 Å². The van der Waals surface area contributed by atoms with Gasteiger partial charge in [0.15, 0.2) is 0 Å². The second kappa shape index (κ2) is 3.12. The van der Waals surface area contributed by atoms with E-state index in [1.807, 2.05) is 19.1 Å². The Morgan fingerprint density at radius 1 is 1.21 bits per heavy atom. The summed E-state index contributed by atoms with van der Waals surface area (Å²) < 4.78 is 13.5. The van der Waals surface area contributed by atoms with Crippen molar-refractivity contribution in [2.75, 3.05) is 0 Å². The maximum Gasteiger partial charge on any atom is 0.131 e. The lowest BCUT2D eigenvalue weighted by Crippen LogP contribution is -1.83. The van der Waals surface area contributed by atoms with Gasteiger partial charge in [0.2, 0.25) is 0 Å². The predicted octanol–water partition coefficient (Wildman–Crippen LogP) is 3.16. The minimum Gasteiger partial charge on any atom is -0.206 e. The number of aryl methyl sites for hydroxylation is 1. The monoisotopic (exact) mass is 185 g/mol. The Balaban J connectivity index is 2.84. The van der Waals surface area contributed by atoms with Crippen molar-refractivity contribution in [2.24, 2.45) is 0 Å². The van der Waals surface area contributed by atoms with Crippen molar-refractivity contribution in [3.05, 3.63) is 47.3 Å². The zero-order valence-corrected chi connectivity index (χ0v) is 7.71. The van der Waals surface area contributed by atoms with Gasteiger partial charge in [0.25, 0.3) is 0 Å². The lowest BCUT2D eigenvalue weighted by molar-refractivity contribution is 0.639.